The molecule has 3 heterocycles. The zero-order valence-electron chi connectivity index (χ0n) is 19.6. The van der Waals surface area contributed by atoms with Gasteiger partial charge in [-0.15, -0.1) is 0 Å². The van der Waals surface area contributed by atoms with Crippen LogP contribution in [0.4, 0.5) is 17.1 Å². The molecule has 0 radical (unpaired) electrons. The summed E-state index contributed by atoms with van der Waals surface area (Å²) in [7, 11) is 0. The van der Waals surface area contributed by atoms with Crippen molar-refractivity contribution in [3.05, 3.63) is 99.6 Å². The summed E-state index contributed by atoms with van der Waals surface area (Å²) in [6.45, 7) is 1.61. The second-order valence-corrected chi connectivity index (χ2v) is 9.29. The lowest BCUT2D eigenvalue weighted by atomic mass is 9.85. The van der Waals surface area contributed by atoms with Gasteiger partial charge in [0, 0.05) is 17.8 Å². The lowest BCUT2D eigenvalue weighted by molar-refractivity contribution is -0.384. The van der Waals surface area contributed by atoms with Gasteiger partial charge >= 0.3 is 0 Å². The van der Waals surface area contributed by atoms with Crippen LogP contribution in [0.15, 0.2) is 77.9 Å². The highest BCUT2D eigenvalue weighted by Crippen LogP contribution is 2.53. The first-order chi connectivity index (χ1) is 17.9. The van der Waals surface area contributed by atoms with Crippen LogP contribution in [0.5, 0.6) is 0 Å². The minimum Gasteiger partial charge on any atom is -0.324 e. The Hall–Kier alpha value is -4.86. The molecule has 0 unspecified atom stereocenters. The van der Waals surface area contributed by atoms with Gasteiger partial charge in [-0.3, -0.25) is 29.5 Å². The Bertz CT molecular complexity index is 1500. The highest BCUT2D eigenvalue weighted by molar-refractivity contribution is 6.24. The molecule has 0 aliphatic carbocycles. The number of amides is 3. The number of rotatable bonds is 4. The van der Waals surface area contributed by atoms with Gasteiger partial charge in [0.1, 0.15) is 6.04 Å². The van der Waals surface area contributed by atoms with Crippen molar-refractivity contribution in [1.82, 2.24) is 5.01 Å². The fourth-order valence-electron chi connectivity index (χ4n) is 5.65. The van der Waals surface area contributed by atoms with Crippen LogP contribution in [-0.2, 0) is 14.4 Å². The van der Waals surface area contributed by atoms with E-state index in [9.17, 15) is 24.5 Å². The SMILES string of the molecule is Cc1cc([N+](=O)[O-])ccc1N1C(=O)[C@@H]2[C@H](C1=O)[C@@H]1c3ccccc3C=NN1[C@H]2C(=O)Nc1ccccc1. The largest absolute Gasteiger partial charge is 0.324 e. The maximum absolute atomic E-state index is 13.9. The predicted octanol–water partition coefficient (Wildman–Crippen LogP) is 3.42. The van der Waals surface area contributed by atoms with Gasteiger partial charge in [-0.25, -0.2) is 4.90 Å². The molecule has 3 aliphatic rings. The standard InChI is InChI=1S/C27H21N5O5/c1-15-13-18(32(36)37)11-12-20(15)30-26(34)21-22(27(30)35)24(25(33)29-17-8-3-2-4-9-17)31-23(21)19-10-6-5-7-16(19)14-28-31/h2-14,21-24H,1H3,(H,29,33)/t21-,22+,23-,24+/m0/s1. The Kier molecular flexibility index (Phi) is 5.11. The minimum atomic E-state index is -1.03. The van der Waals surface area contributed by atoms with Crippen molar-refractivity contribution in [2.75, 3.05) is 10.2 Å². The third kappa shape index (κ3) is 3.40. The fraction of sp³-hybridized carbons (Fsp3) is 0.185. The number of nitrogens with zero attached hydrogens (tertiary/aromatic N) is 4. The van der Waals surface area contributed by atoms with Gasteiger partial charge < -0.3 is 5.32 Å². The van der Waals surface area contributed by atoms with E-state index >= 15 is 0 Å². The van der Waals surface area contributed by atoms with Crippen LogP contribution < -0.4 is 10.2 Å². The van der Waals surface area contributed by atoms with E-state index in [2.05, 4.69) is 10.4 Å². The van der Waals surface area contributed by atoms with Crippen molar-refractivity contribution in [2.24, 2.45) is 16.9 Å². The number of nitro groups is 1. The summed E-state index contributed by atoms with van der Waals surface area (Å²) >= 11 is 0. The van der Waals surface area contributed by atoms with Crippen molar-refractivity contribution in [3.8, 4) is 0 Å². The summed E-state index contributed by atoms with van der Waals surface area (Å²) in [4.78, 5) is 53.2. The quantitative estimate of drug-likeness (QED) is 0.336. The predicted molar refractivity (Wildman–Crippen MR) is 135 cm³/mol. The van der Waals surface area contributed by atoms with Crippen LogP contribution in [0.3, 0.4) is 0 Å². The summed E-state index contributed by atoms with van der Waals surface area (Å²) in [6.07, 6.45) is 1.64. The number of hydrazone groups is 1. The average Bonchev–Trinajstić information content (AvgIpc) is 3.37. The molecule has 3 aromatic rings. The number of para-hydroxylation sites is 1. The summed E-state index contributed by atoms with van der Waals surface area (Å²) in [5.41, 5.74) is 2.75. The molecule has 3 aromatic carbocycles. The Morgan fingerprint density at radius 3 is 2.41 bits per heavy atom. The summed E-state index contributed by atoms with van der Waals surface area (Å²) in [5.74, 6) is -3.26. The smallest absolute Gasteiger partial charge is 0.269 e. The second-order valence-electron chi connectivity index (χ2n) is 9.29. The van der Waals surface area contributed by atoms with Crippen LogP contribution in [-0.4, -0.2) is 39.9 Å². The summed E-state index contributed by atoms with van der Waals surface area (Å²) < 4.78 is 0. The lowest BCUT2D eigenvalue weighted by Crippen LogP contribution is -2.46. The molecule has 184 valence electrons. The number of fused-ring (bicyclic) bond motifs is 5. The number of anilines is 2. The minimum absolute atomic E-state index is 0.137. The van der Waals surface area contributed by atoms with Crippen molar-refractivity contribution in [3.63, 3.8) is 0 Å². The van der Waals surface area contributed by atoms with Gasteiger partial charge in [0.2, 0.25) is 17.7 Å². The van der Waals surface area contributed by atoms with Gasteiger partial charge in [0.05, 0.1) is 34.7 Å². The van der Waals surface area contributed by atoms with Crippen molar-refractivity contribution < 1.29 is 19.3 Å². The highest BCUT2D eigenvalue weighted by atomic mass is 16.6. The van der Waals surface area contributed by atoms with Crippen LogP contribution in [0.25, 0.3) is 0 Å². The molecule has 2 saturated heterocycles. The van der Waals surface area contributed by atoms with E-state index in [1.807, 2.05) is 30.3 Å². The van der Waals surface area contributed by atoms with Gasteiger partial charge in [-0.05, 0) is 41.8 Å². The molecule has 1 N–H and O–H groups in total. The van der Waals surface area contributed by atoms with E-state index in [1.165, 1.54) is 18.2 Å². The molecule has 3 aliphatic heterocycles. The number of aryl methyl sites for hydroxylation is 1. The van der Waals surface area contributed by atoms with Gasteiger partial charge in [-0.1, -0.05) is 42.5 Å². The van der Waals surface area contributed by atoms with Crippen LogP contribution in [0.2, 0.25) is 0 Å². The molecule has 0 saturated carbocycles. The molecule has 0 bridgehead atoms. The normalized spacial score (nSPS) is 23.5. The number of hydrogen-bond donors (Lipinski definition) is 1. The van der Waals surface area contributed by atoms with Crippen molar-refractivity contribution in [2.45, 2.75) is 19.0 Å². The number of carbonyl (C=O) groups excluding carboxylic acids is 3. The Morgan fingerprint density at radius 1 is 0.973 bits per heavy atom. The monoisotopic (exact) mass is 495 g/mol. The zero-order chi connectivity index (χ0) is 25.8. The Balaban J connectivity index is 1.45. The third-order valence-electron chi connectivity index (χ3n) is 7.24. The molecule has 2 fully saturated rings. The van der Waals surface area contributed by atoms with E-state index in [-0.39, 0.29) is 11.4 Å². The number of carbonyl (C=O) groups is 3. The topological polar surface area (TPSA) is 125 Å². The van der Waals surface area contributed by atoms with Crippen LogP contribution in [0, 0.1) is 28.9 Å². The maximum atomic E-state index is 13.9. The number of benzene rings is 3. The molecule has 4 atom stereocenters. The first-order valence-corrected chi connectivity index (χ1v) is 11.8. The fourth-order valence-corrected chi connectivity index (χ4v) is 5.65. The average molecular weight is 495 g/mol. The van der Waals surface area contributed by atoms with Gasteiger partial charge in [-0.2, -0.15) is 5.10 Å². The molecular formula is C27H21N5O5. The van der Waals surface area contributed by atoms with Gasteiger partial charge in [0.15, 0.2) is 0 Å². The third-order valence-corrected chi connectivity index (χ3v) is 7.24. The summed E-state index contributed by atoms with van der Waals surface area (Å²) in [6, 6.07) is 18.7. The Morgan fingerprint density at radius 2 is 1.68 bits per heavy atom. The highest BCUT2D eigenvalue weighted by Gasteiger charge is 2.65. The first kappa shape index (κ1) is 22.6. The lowest BCUT2D eigenvalue weighted by Gasteiger charge is -2.33. The molecule has 3 amide bonds. The van der Waals surface area contributed by atoms with Crippen molar-refractivity contribution >= 4 is 41.0 Å². The number of nitro benzene ring substituents is 1. The Labute approximate surface area is 211 Å². The van der Waals surface area contributed by atoms with E-state index in [1.54, 1.807) is 42.4 Å². The van der Waals surface area contributed by atoms with E-state index in [0.29, 0.717) is 11.3 Å². The zero-order valence-corrected chi connectivity index (χ0v) is 19.6. The molecule has 37 heavy (non-hydrogen) atoms. The molecule has 0 aromatic heterocycles. The number of hydrogen-bond acceptors (Lipinski definition) is 7. The van der Waals surface area contributed by atoms with E-state index < -0.39 is 46.6 Å². The molecule has 10 nitrogen and oxygen atoms in total. The maximum Gasteiger partial charge on any atom is 0.269 e. The number of nitrogens with one attached hydrogen (secondary N) is 1. The number of imide groups is 1. The van der Waals surface area contributed by atoms with E-state index in [4.69, 9.17) is 0 Å². The van der Waals surface area contributed by atoms with Crippen molar-refractivity contribution in [1.29, 1.82) is 0 Å². The molecule has 6 rings (SSSR count). The number of non-ortho nitro benzene ring substituents is 1. The molecule has 10 heteroatoms. The van der Waals surface area contributed by atoms with Crippen LogP contribution in [0.1, 0.15) is 22.7 Å². The summed E-state index contributed by atoms with van der Waals surface area (Å²) in [5, 5.41) is 20.2. The van der Waals surface area contributed by atoms with E-state index in [0.717, 1.165) is 16.0 Å². The first-order valence-electron chi connectivity index (χ1n) is 11.8. The molecular weight excluding hydrogens is 474 g/mol. The van der Waals surface area contributed by atoms with Gasteiger partial charge in [0.25, 0.3) is 5.69 Å². The van der Waals surface area contributed by atoms with Crippen LogP contribution >= 0.6 is 0 Å². The molecule has 0 spiro atoms. The second kappa shape index (κ2) is 8.37.